The predicted molar refractivity (Wildman–Crippen MR) is 71.7 cm³/mol. The quantitative estimate of drug-likeness (QED) is 0.859. The second-order valence-electron chi connectivity index (χ2n) is 4.10. The van der Waals surface area contributed by atoms with E-state index in [1.165, 1.54) is 25.1 Å². The minimum Gasteiger partial charge on any atom is -0.297 e. The fraction of sp³-hybridized carbons (Fsp3) is 0.231. The van der Waals surface area contributed by atoms with Gasteiger partial charge in [-0.3, -0.25) is 9.78 Å². The van der Waals surface area contributed by atoms with Crippen LogP contribution in [-0.4, -0.2) is 9.55 Å². The molecule has 0 aliphatic carbocycles. The molecular weight excluding hydrogens is 271 g/mol. The summed E-state index contributed by atoms with van der Waals surface area (Å²) in [5.74, 6) is -0.475. The Morgan fingerprint density at radius 1 is 1.37 bits per heavy atom. The third-order valence-corrected chi connectivity index (χ3v) is 3.30. The molecule has 1 aromatic carbocycles. The Balaban J connectivity index is 2.88. The van der Waals surface area contributed by atoms with Crippen LogP contribution in [0.4, 0.5) is 4.39 Å². The van der Waals surface area contributed by atoms with Gasteiger partial charge >= 0.3 is 5.69 Å². The first-order valence-electron chi connectivity index (χ1n) is 5.76. The summed E-state index contributed by atoms with van der Waals surface area (Å²) in [4.78, 5) is 26.5. The van der Waals surface area contributed by atoms with E-state index in [1.807, 2.05) is 0 Å². The molecule has 0 saturated heterocycles. The van der Waals surface area contributed by atoms with Crippen molar-refractivity contribution >= 4 is 11.6 Å². The molecule has 1 heterocycles. The lowest BCUT2D eigenvalue weighted by atomic mass is 10.2. The molecule has 0 aliphatic heterocycles. The van der Waals surface area contributed by atoms with E-state index in [9.17, 15) is 14.0 Å². The van der Waals surface area contributed by atoms with Crippen LogP contribution in [0.25, 0.3) is 5.69 Å². The molecule has 0 saturated carbocycles. The van der Waals surface area contributed by atoms with Crippen LogP contribution in [0.5, 0.6) is 0 Å². The predicted octanol–water partition coefficient (Wildman–Crippen LogP) is 2.19. The van der Waals surface area contributed by atoms with Gasteiger partial charge in [0.05, 0.1) is 11.3 Å². The summed E-state index contributed by atoms with van der Waals surface area (Å²) >= 11 is 5.82. The average molecular weight is 283 g/mol. The van der Waals surface area contributed by atoms with Gasteiger partial charge in [-0.2, -0.15) is 0 Å². The van der Waals surface area contributed by atoms with Gasteiger partial charge in [-0.25, -0.2) is 13.8 Å². The molecule has 6 heteroatoms. The van der Waals surface area contributed by atoms with E-state index >= 15 is 0 Å². The standard InChI is InChI=1S/C13H12ClFN2O2/c1-3-8-11(14)16-13(19)17(12(8)18)10-6-4-5-9(15)7(10)2/h4-6H,3H2,1-2H3,(H,16,19). The van der Waals surface area contributed by atoms with Crippen molar-refractivity contribution in [1.82, 2.24) is 9.55 Å². The Labute approximate surface area is 113 Å². The van der Waals surface area contributed by atoms with Gasteiger partial charge in [0, 0.05) is 5.56 Å². The molecule has 0 spiro atoms. The number of aromatic nitrogens is 2. The van der Waals surface area contributed by atoms with Crippen molar-refractivity contribution < 1.29 is 4.39 Å². The summed E-state index contributed by atoms with van der Waals surface area (Å²) in [5, 5.41) is 0.0304. The smallest absolute Gasteiger partial charge is 0.297 e. The van der Waals surface area contributed by atoms with Gasteiger partial charge in [-0.05, 0) is 25.5 Å². The second-order valence-corrected chi connectivity index (χ2v) is 4.48. The van der Waals surface area contributed by atoms with Crippen LogP contribution in [0.1, 0.15) is 18.1 Å². The van der Waals surface area contributed by atoms with Gasteiger partial charge in [0.1, 0.15) is 11.0 Å². The first-order chi connectivity index (χ1) is 8.97. The monoisotopic (exact) mass is 282 g/mol. The van der Waals surface area contributed by atoms with Crippen molar-refractivity contribution in [1.29, 1.82) is 0 Å². The maximum Gasteiger partial charge on any atom is 0.334 e. The highest BCUT2D eigenvalue weighted by molar-refractivity contribution is 6.30. The van der Waals surface area contributed by atoms with Crippen LogP contribution in [-0.2, 0) is 6.42 Å². The number of H-pyrrole nitrogens is 1. The van der Waals surface area contributed by atoms with Gasteiger partial charge in [-0.1, -0.05) is 24.6 Å². The Hall–Kier alpha value is -1.88. The Morgan fingerprint density at radius 3 is 2.68 bits per heavy atom. The average Bonchev–Trinajstić information content (AvgIpc) is 2.34. The molecule has 0 aliphatic rings. The lowest BCUT2D eigenvalue weighted by molar-refractivity contribution is 0.615. The highest BCUT2D eigenvalue weighted by Gasteiger charge is 2.15. The zero-order valence-corrected chi connectivity index (χ0v) is 11.2. The van der Waals surface area contributed by atoms with Crippen molar-refractivity contribution in [3.05, 3.63) is 61.1 Å². The van der Waals surface area contributed by atoms with E-state index in [4.69, 9.17) is 11.6 Å². The van der Waals surface area contributed by atoms with Crippen molar-refractivity contribution in [2.45, 2.75) is 20.3 Å². The van der Waals surface area contributed by atoms with Crippen LogP contribution >= 0.6 is 11.6 Å². The number of nitrogens with one attached hydrogen (secondary N) is 1. The van der Waals surface area contributed by atoms with Gasteiger partial charge in [0.2, 0.25) is 0 Å². The van der Waals surface area contributed by atoms with E-state index in [0.717, 1.165) is 4.57 Å². The van der Waals surface area contributed by atoms with E-state index in [-0.39, 0.29) is 16.4 Å². The van der Waals surface area contributed by atoms with Gasteiger partial charge < -0.3 is 0 Å². The molecule has 0 radical (unpaired) electrons. The number of nitrogens with zero attached hydrogens (tertiary/aromatic N) is 1. The third-order valence-electron chi connectivity index (χ3n) is 2.98. The molecular formula is C13H12ClFN2O2. The fourth-order valence-electron chi connectivity index (χ4n) is 1.91. The molecule has 0 fully saturated rings. The maximum absolute atomic E-state index is 13.5. The summed E-state index contributed by atoms with van der Waals surface area (Å²) in [7, 11) is 0. The molecule has 0 bridgehead atoms. The molecule has 19 heavy (non-hydrogen) atoms. The largest absolute Gasteiger partial charge is 0.334 e. The summed E-state index contributed by atoms with van der Waals surface area (Å²) < 4.78 is 14.4. The van der Waals surface area contributed by atoms with E-state index in [1.54, 1.807) is 6.92 Å². The van der Waals surface area contributed by atoms with Gasteiger partial charge in [0.15, 0.2) is 0 Å². The van der Waals surface area contributed by atoms with Crippen molar-refractivity contribution in [2.75, 3.05) is 0 Å². The van der Waals surface area contributed by atoms with Crippen molar-refractivity contribution in [3.8, 4) is 5.69 Å². The van der Waals surface area contributed by atoms with Crippen LogP contribution in [0.2, 0.25) is 5.15 Å². The van der Waals surface area contributed by atoms with E-state index in [2.05, 4.69) is 4.98 Å². The highest BCUT2D eigenvalue weighted by Crippen LogP contribution is 2.15. The molecule has 0 unspecified atom stereocenters. The number of benzene rings is 1. The summed E-state index contributed by atoms with van der Waals surface area (Å²) in [5.41, 5.74) is -0.451. The number of hydrogen-bond donors (Lipinski definition) is 1. The minimum absolute atomic E-state index is 0.0304. The summed E-state index contributed by atoms with van der Waals surface area (Å²) in [6, 6.07) is 4.24. The zero-order chi connectivity index (χ0) is 14.2. The summed E-state index contributed by atoms with van der Waals surface area (Å²) in [6.07, 6.45) is 0.378. The minimum atomic E-state index is -0.680. The van der Waals surface area contributed by atoms with Crippen molar-refractivity contribution in [3.63, 3.8) is 0 Å². The Kier molecular flexibility index (Phi) is 3.57. The Morgan fingerprint density at radius 2 is 2.05 bits per heavy atom. The van der Waals surface area contributed by atoms with Gasteiger partial charge in [0.25, 0.3) is 5.56 Å². The lowest BCUT2D eigenvalue weighted by Crippen LogP contribution is -2.36. The molecule has 2 aromatic rings. The molecule has 0 atom stereocenters. The molecule has 0 amide bonds. The van der Waals surface area contributed by atoms with E-state index < -0.39 is 17.1 Å². The summed E-state index contributed by atoms with van der Waals surface area (Å²) in [6.45, 7) is 3.26. The number of halogens is 2. The molecule has 4 nitrogen and oxygen atoms in total. The van der Waals surface area contributed by atoms with Crippen LogP contribution in [0.3, 0.4) is 0 Å². The molecule has 2 rings (SSSR count). The SMILES string of the molecule is CCc1c(Cl)[nH]c(=O)n(-c2cccc(F)c2C)c1=O. The second kappa shape index (κ2) is 5.01. The van der Waals surface area contributed by atoms with Crippen LogP contribution < -0.4 is 11.2 Å². The highest BCUT2D eigenvalue weighted by atomic mass is 35.5. The zero-order valence-electron chi connectivity index (χ0n) is 10.5. The third kappa shape index (κ3) is 2.21. The van der Waals surface area contributed by atoms with Crippen LogP contribution in [0.15, 0.2) is 27.8 Å². The van der Waals surface area contributed by atoms with Crippen molar-refractivity contribution in [2.24, 2.45) is 0 Å². The lowest BCUT2D eigenvalue weighted by Gasteiger charge is -2.10. The van der Waals surface area contributed by atoms with Crippen LogP contribution in [0, 0.1) is 12.7 Å². The van der Waals surface area contributed by atoms with E-state index in [0.29, 0.717) is 12.0 Å². The number of hydrogen-bond acceptors (Lipinski definition) is 2. The Bertz CT molecular complexity index is 749. The normalized spacial score (nSPS) is 10.7. The molecule has 100 valence electrons. The fourth-order valence-corrected chi connectivity index (χ4v) is 2.21. The van der Waals surface area contributed by atoms with Gasteiger partial charge in [-0.15, -0.1) is 0 Å². The number of aromatic amines is 1. The number of rotatable bonds is 2. The first-order valence-corrected chi connectivity index (χ1v) is 6.14. The topological polar surface area (TPSA) is 54.9 Å². The molecule has 1 aromatic heterocycles. The first kappa shape index (κ1) is 13.5. The maximum atomic E-state index is 13.5. The molecule has 1 N–H and O–H groups in total.